The zero-order valence-electron chi connectivity index (χ0n) is 6.66. The third-order valence-corrected chi connectivity index (χ3v) is 2.25. The first-order valence-corrected chi connectivity index (χ1v) is 5.06. The Morgan fingerprint density at radius 3 is 2.91 bits per heavy atom. The molecule has 0 aromatic heterocycles. The quantitative estimate of drug-likeness (QED) is 0.364. The van der Waals surface area contributed by atoms with Gasteiger partial charge >= 0.3 is 8.03 Å². The summed E-state index contributed by atoms with van der Waals surface area (Å²) < 4.78 is 15.9. The maximum atomic E-state index is 10.9. The van der Waals surface area contributed by atoms with Crippen LogP contribution in [0.5, 0.6) is 0 Å². The highest BCUT2D eigenvalue weighted by Gasteiger charge is 2.14. The number of hydrogen-bond acceptors (Lipinski definition) is 3. The van der Waals surface area contributed by atoms with Gasteiger partial charge in [0.2, 0.25) is 0 Å². The van der Waals surface area contributed by atoms with E-state index in [0.717, 1.165) is 12.8 Å². The van der Waals surface area contributed by atoms with Crippen molar-refractivity contribution in [2.45, 2.75) is 12.8 Å². The molecule has 0 aliphatic rings. The molecule has 0 aromatic carbocycles. The van der Waals surface area contributed by atoms with E-state index in [1.807, 2.05) is 0 Å². The molecule has 0 rings (SSSR count). The van der Waals surface area contributed by atoms with E-state index in [2.05, 4.69) is 6.58 Å². The average molecular weight is 176 g/mol. The molecule has 4 heteroatoms. The molecule has 0 aliphatic carbocycles. The lowest BCUT2D eigenvalue weighted by atomic mass is 10.5. The molecule has 1 atom stereocenters. The zero-order chi connectivity index (χ0) is 8.53. The van der Waals surface area contributed by atoms with Gasteiger partial charge in [-0.2, -0.15) is 0 Å². The lowest BCUT2D eigenvalue weighted by Gasteiger charge is -1.87. The van der Waals surface area contributed by atoms with Gasteiger partial charge in [0.25, 0.3) is 0 Å². The fourth-order valence-electron chi connectivity index (χ4n) is 0.523. The minimum Gasteiger partial charge on any atom is -0.330 e. The second-order valence-electron chi connectivity index (χ2n) is 2.11. The van der Waals surface area contributed by atoms with Crippen LogP contribution in [0.25, 0.3) is 0 Å². The van der Waals surface area contributed by atoms with Crippen LogP contribution in [0.2, 0.25) is 0 Å². The van der Waals surface area contributed by atoms with Crippen LogP contribution < -0.4 is 5.73 Å². The fourth-order valence-corrected chi connectivity index (χ4v) is 1.40. The van der Waals surface area contributed by atoms with Gasteiger partial charge in [0, 0.05) is 6.42 Å². The first-order chi connectivity index (χ1) is 5.31. The highest BCUT2D eigenvalue weighted by Crippen LogP contribution is 2.22. The van der Waals surface area contributed by atoms with E-state index >= 15 is 0 Å². The summed E-state index contributed by atoms with van der Waals surface area (Å²) in [7, 11) is -1.48. The summed E-state index contributed by atoms with van der Waals surface area (Å²) in [6.07, 6.45) is 3.84. The van der Waals surface area contributed by atoms with Gasteiger partial charge in [0.05, 0.1) is 0 Å². The van der Waals surface area contributed by atoms with Crippen LogP contribution in [0.15, 0.2) is 12.7 Å². The van der Waals surface area contributed by atoms with Crippen LogP contribution in [-0.4, -0.2) is 19.3 Å². The fraction of sp³-hybridized carbons (Fsp3) is 0.714. The SMILES string of the molecule is C=CCCO[P+](=O)CCCN. The molecule has 1 unspecified atom stereocenters. The maximum absolute atomic E-state index is 10.9. The second-order valence-corrected chi connectivity index (χ2v) is 3.48. The zero-order valence-corrected chi connectivity index (χ0v) is 7.56. The van der Waals surface area contributed by atoms with Crippen LogP contribution in [0.3, 0.4) is 0 Å². The van der Waals surface area contributed by atoms with Gasteiger partial charge < -0.3 is 5.73 Å². The third-order valence-electron chi connectivity index (χ3n) is 1.10. The summed E-state index contributed by atoms with van der Waals surface area (Å²) in [5, 5.41) is 0. The van der Waals surface area contributed by atoms with Crippen molar-refractivity contribution in [2.75, 3.05) is 19.3 Å². The summed E-state index contributed by atoms with van der Waals surface area (Å²) in [5.41, 5.74) is 5.23. The van der Waals surface area contributed by atoms with Gasteiger partial charge in [-0.1, -0.05) is 6.08 Å². The summed E-state index contributed by atoms with van der Waals surface area (Å²) in [6.45, 7) is 4.60. The van der Waals surface area contributed by atoms with Gasteiger partial charge in [0.1, 0.15) is 6.61 Å². The first kappa shape index (κ1) is 10.8. The summed E-state index contributed by atoms with van der Waals surface area (Å²) in [5.74, 6) is 0. The molecule has 0 saturated carbocycles. The van der Waals surface area contributed by atoms with E-state index in [-0.39, 0.29) is 0 Å². The minimum atomic E-state index is -1.48. The normalized spacial score (nSPS) is 11.2. The largest absolute Gasteiger partial charge is 0.508 e. The molecular formula is C7H15NO2P+. The highest BCUT2D eigenvalue weighted by atomic mass is 31.1. The second kappa shape index (κ2) is 7.86. The van der Waals surface area contributed by atoms with E-state index in [1.54, 1.807) is 6.08 Å². The number of nitrogens with two attached hydrogens (primary N) is 1. The number of rotatable bonds is 7. The first-order valence-electron chi connectivity index (χ1n) is 3.69. The Morgan fingerprint density at radius 2 is 2.36 bits per heavy atom. The van der Waals surface area contributed by atoms with Gasteiger partial charge in [0.15, 0.2) is 6.16 Å². The van der Waals surface area contributed by atoms with Crippen molar-refractivity contribution < 1.29 is 9.09 Å². The molecular weight excluding hydrogens is 161 g/mol. The Bertz CT molecular complexity index is 128. The van der Waals surface area contributed by atoms with Crippen LogP contribution in [0.4, 0.5) is 0 Å². The monoisotopic (exact) mass is 176 g/mol. The predicted octanol–water partition coefficient (Wildman–Crippen LogP) is 1.67. The van der Waals surface area contributed by atoms with Gasteiger partial charge in [-0.25, -0.2) is 0 Å². The van der Waals surface area contributed by atoms with Gasteiger partial charge in [-0.15, -0.1) is 11.1 Å². The van der Waals surface area contributed by atoms with Crippen LogP contribution in [-0.2, 0) is 9.09 Å². The Hall–Kier alpha value is -0.240. The topological polar surface area (TPSA) is 52.3 Å². The molecule has 0 aliphatic heterocycles. The molecule has 64 valence electrons. The smallest absolute Gasteiger partial charge is 0.330 e. The standard InChI is InChI=1S/C7H15NO2P/c1-2-3-6-10-11(9)7-4-5-8/h2H,1,3-8H2/q+1. The summed E-state index contributed by atoms with van der Waals surface area (Å²) >= 11 is 0. The molecule has 0 saturated heterocycles. The lowest BCUT2D eigenvalue weighted by Crippen LogP contribution is -2.00. The van der Waals surface area contributed by atoms with Crippen molar-refractivity contribution >= 4 is 8.03 Å². The Morgan fingerprint density at radius 1 is 1.64 bits per heavy atom. The Balaban J connectivity index is 3.15. The lowest BCUT2D eigenvalue weighted by molar-refractivity contribution is 0.335. The molecule has 0 fully saturated rings. The Labute approximate surface area is 68.5 Å². The van der Waals surface area contributed by atoms with Gasteiger partial charge in [-0.05, 0) is 17.5 Å². The van der Waals surface area contributed by atoms with Crippen molar-refractivity contribution in [3.05, 3.63) is 12.7 Å². The van der Waals surface area contributed by atoms with Crippen molar-refractivity contribution in [1.82, 2.24) is 0 Å². The molecule has 0 amide bonds. The molecule has 0 radical (unpaired) electrons. The van der Waals surface area contributed by atoms with Crippen molar-refractivity contribution in [2.24, 2.45) is 5.73 Å². The van der Waals surface area contributed by atoms with Crippen LogP contribution in [0.1, 0.15) is 12.8 Å². The molecule has 0 bridgehead atoms. The minimum absolute atomic E-state index is 0.503. The van der Waals surface area contributed by atoms with Crippen LogP contribution in [0, 0.1) is 0 Å². The summed E-state index contributed by atoms with van der Waals surface area (Å²) in [4.78, 5) is 0. The molecule has 0 spiro atoms. The van der Waals surface area contributed by atoms with Crippen molar-refractivity contribution in [1.29, 1.82) is 0 Å². The number of hydrogen-bond donors (Lipinski definition) is 1. The van der Waals surface area contributed by atoms with E-state index in [4.69, 9.17) is 10.3 Å². The van der Waals surface area contributed by atoms with Crippen LogP contribution >= 0.6 is 8.03 Å². The maximum Gasteiger partial charge on any atom is 0.508 e. The van der Waals surface area contributed by atoms with E-state index in [9.17, 15) is 4.57 Å². The average Bonchev–Trinajstić information content (AvgIpc) is 2.01. The van der Waals surface area contributed by atoms with Crippen molar-refractivity contribution in [3.63, 3.8) is 0 Å². The highest BCUT2D eigenvalue weighted by molar-refractivity contribution is 7.39. The molecule has 2 N–H and O–H groups in total. The van der Waals surface area contributed by atoms with E-state index in [0.29, 0.717) is 19.3 Å². The Kier molecular flexibility index (Phi) is 7.69. The van der Waals surface area contributed by atoms with E-state index in [1.165, 1.54) is 0 Å². The van der Waals surface area contributed by atoms with Crippen molar-refractivity contribution in [3.8, 4) is 0 Å². The third kappa shape index (κ3) is 7.66. The molecule has 3 nitrogen and oxygen atoms in total. The molecule has 11 heavy (non-hydrogen) atoms. The van der Waals surface area contributed by atoms with Gasteiger partial charge in [-0.3, -0.25) is 0 Å². The molecule has 0 aromatic rings. The van der Waals surface area contributed by atoms with E-state index < -0.39 is 8.03 Å². The predicted molar refractivity (Wildman–Crippen MR) is 46.9 cm³/mol. The molecule has 0 heterocycles. The summed E-state index contributed by atoms with van der Waals surface area (Å²) in [6, 6.07) is 0.